The fraction of sp³-hybridized carbons (Fsp3) is 0.769. The molecule has 0 amide bonds. The molecule has 4 fully saturated rings. The lowest BCUT2D eigenvalue weighted by molar-refractivity contribution is -0.141. The van der Waals surface area contributed by atoms with Crippen LogP contribution in [0.25, 0.3) is 6.08 Å². The van der Waals surface area contributed by atoms with Gasteiger partial charge in [-0.3, -0.25) is 9.48 Å². The van der Waals surface area contributed by atoms with Crippen molar-refractivity contribution in [3.05, 3.63) is 22.5 Å². The number of ketones is 1. The fourth-order valence-corrected chi connectivity index (χ4v) is 8.21. The lowest BCUT2D eigenvalue weighted by atomic mass is 9.45. The second kappa shape index (κ2) is 6.79. The van der Waals surface area contributed by atoms with Gasteiger partial charge in [0.05, 0.1) is 11.8 Å². The number of Topliss-reactive ketones (excluding diaryl/α,β-unsaturated/α-hetero) is 1. The zero-order valence-electron chi connectivity index (χ0n) is 19.4. The molecule has 30 heavy (non-hydrogen) atoms. The molecule has 4 heteroatoms. The van der Waals surface area contributed by atoms with Crippen molar-refractivity contribution in [1.29, 1.82) is 0 Å². The van der Waals surface area contributed by atoms with Crippen molar-refractivity contribution in [2.75, 3.05) is 0 Å². The Kier molecular flexibility index (Phi) is 4.63. The van der Waals surface area contributed by atoms with E-state index in [1.54, 1.807) is 0 Å². The van der Waals surface area contributed by atoms with Gasteiger partial charge in [0, 0.05) is 23.7 Å². The summed E-state index contributed by atoms with van der Waals surface area (Å²) in [5, 5.41) is 14.8. The first-order chi connectivity index (χ1) is 14.1. The molecule has 0 saturated heterocycles. The molecule has 0 aromatic carbocycles. The summed E-state index contributed by atoms with van der Waals surface area (Å²) in [6.45, 7) is 8.91. The second-order valence-electron chi connectivity index (χ2n) is 11.5. The van der Waals surface area contributed by atoms with E-state index in [1.165, 1.54) is 19.3 Å². The molecule has 0 aliphatic heterocycles. The van der Waals surface area contributed by atoms with Gasteiger partial charge in [0.2, 0.25) is 0 Å². The second-order valence-corrected chi connectivity index (χ2v) is 11.5. The van der Waals surface area contributed by atoms with E-state index in [0.29, 0.717) is 29.0 Å². The molecular weight excluding hydrogens is 372 g/mol. The number of aliphatic hydroxyl groups is 1. The third-order valence-electron chi connectivity index (χ3n) is 10.2. The lowest BCUT2D eigenvalue weighted by Crippen LogP contribution is -2.54. The Morgan fingerprint density at radius 2 is 1.87 bits per heavy atom. The molecule has 4 aliphatic carbocycles. The summed E-state index contributed by atoms with van der Waals surface area (Å²) in [7, 11) is 1.98. The Morgan fingerprint density at radius 1 is 1.10 bits per heavy atom. The predicted octanol–water partition coefficient (Wildman–Crippen LogP) is 5.00. The molecule has 1 aromatic rings. The van der Waals surface area contributed by atoms with E-state index in [2.05, 4.69) is 31.9 Å². The molecule has 1 heterocycles. The van der Waals surface area contributed by atoms with Gasteiger partial charge in [-0.15, -0.1) is 0 Å². The molecule has 4 saturated carbocycles. The van der Waals surface area contributed by atoms with E-state index in [-0.39, 0.29) is 11.5 Å². The van der Waals surface area contributed by atoms with Crippen LogP contribution < -0.4 is 0 Å². The van der Waals surface area contributed by atoms with E-state index in [9.17, 15) is 9.90 Å². The number of hydrogen-bond acceptors (Lipinski definition) is 3. The average Bonchev–Trinajstić information content (AvgIpc) is 3.10. The first-order valence-electron chi connectivity index (χ1n) is 12.1. The molecular formula is C26H38N2O2. The number of aryl methyl sites for hydroxylation is 2. The van der Waals surface area contributed by atoms with E-state index in [4.69, 9.17) is 0 Å². The highest BCUT2D eigenvalue weighted by atomic mass is 16.3. The Hall–Kier alpha value is -1.42. The van der Waals surface area contributed by atoms with Gasteiger partial charge in [-0.2, -0.15) is 5.10 Å². The Labute approximate surface area is 181 Å². The minimum absolute atomic E-state index is 0.0953. The van der Waals surface area contributed by atoms with Gasteiger partial charge in [0.1, 0.15) is 0 Å². The van der Waals surface area contributed by atoms with Crippen molar-refractivity contribution in [2.24, 2.45) is 41.5 Å². The van der Waals surface area contributed by atoms with E-state index in [1.807, 2.05) is 18.7 Å². The number of aliphatic hydroxyl groups excluding tert-OH is 1. The largest absolute Gasteiger partial charge is 0.393 e. The fourth-order valence-electron chi connectivity index (χ4n) is 8.21. The number of carbonyl (C=O) groups excluding carboxylic acids is 1. The summed E-state index contributed by atoms with van der Waals surface area (Å²) in [6.07, 6.45) is 10.8. The molecule has 164 valence electrons. The summed E-state index contributed by atoms with van der Waals surface area (Å²) in [6, 6.07) is 0. The summed E-state index contributed by atoms with van der Waals surface area (Å²) in [4.78, 5) is 13.6. The summed E-state index contributed by atoms with van der Waals surface area (Å²) < 4.78 is 1.92. The SMILES string of the molecule is Cc1nn(C)c(C)c1/C=C1/C[C@H]2[C@@H]3CC[C@@H]4C[C@@H](O)CC[C@]4(C)[C@H]3CC[C@]2(C)C1=O. The number of nitrogens with zero attached hydrogens (tertiary/aromatic N) is 2. The van der Waals surface area contributed by atoms with Gasteiger partial charge in [-0.25, -0.2) is 0 Å². The van der Waals surface area contributed by atoms with Crippen LogP contribution in [-0.4, -0.2) is 26.8 Å². The van der Waals surface area contributed by atoms with Crippen LogP contribution in [0.2, 0.25) is 0 Å². The number of allylic oxidation sites excluding steroid dienone is 1. The molecule has 7 atom stereocenters. The van der Waals surface area contributed by atoms with E-state index in [0.717, 1.165) is 60.5 Å². The molecule has 4 nitrogen and oxygen atoms in total. The van der Waals surface area contributed by atoms with Gasteiger partial charge in [0.25, 0.3) is 0 Å². The highest BCUT2D eigenvalue weighted by molar-refractivity contribution is 6.06. The Bertz CT molecular complexity index is 914. The van der Waals surface area contributed by atoms with Crippen LogP contribution in [0.5, 0.6) is 0 Å². The zero-order chi connectivity index (χ0) is 21.4. The maximum absolute atomic E-state index is 13.6. The molecule has 0 radical (unpaired) electrons. The van der Waals surface area contributed by atoms with Crippen LogP contribution in [0, 0.1) is 48.3 Å². The van der Waals surface area contributed by atoms with Crippen molar-refractivity contribution in [2.45, 2.75) is 85.2 Å². The minimum Gasteiger partial charge on any atom is -0.393 e. The van der Waals surface area contributed by atoms with Crippen LogP contribution in [0.3, 0.4) is 0 Å². The Morgan fingerprint density at radius 3 is 2.57 bits per heavy atom. The molecule has 5 rings (SSSR count). The van der Waals surface area contributed by atoms with Crippen LogP contribution in [0.15, 0.2) is 5.57 Å². The van der Waals surface area contributed by atoms with Gasteiger partial charge in [0.15, 0.2) is 5.78 Å². The van der Waals surface area contributed by atoms with Crippen molar-refractivity contribution in [3.63, 3.8) is 0 Å². The summed E-state index contributed by atoms with van der Waals surface area (Å²) in [5.74, 6) is 2.93. The van der Waals surface area contributed by atoms with Gasteiger partial charge >= 0.3 is 0 Å². The number of carbonyl (C=O) groups is 1. The number of fused-ring (bicyclic) bond motifs is 5. The maximum atomic E-state index is 13.6. The van der Waals surface area contributed by atoms with Crippen molar-refractivity contribution >= 4 is 11.9 Å². The summed E-state index contributed by atoms with van der Waals surface area (Å²) >= 11 is 0. The highest BCUT2D eigenvalue weighted by Crippen LogP contribution is 2.66. The van der Waals surface area contributed by atoms with Crippen LogP contribution in [-0.2, 0) is 11.8 Å². The highest BCUT2D eigenvalue weighted by Gasteiger charge is 2.61. The molecule has 1 aromatic heterocycles. The molecule has 4 aliphatic rings. The van der Waals surface area contributed by atoms with Gasteiger partial charge < -0.3 is 5.11 Å². The zero-order valence-corrected chi connectivity index (χ0v) is 19.4. The van der Waals surface area contributed by atoms with Crippen LogP contribution in [0.1, 0.15) is 82.2 Å². The van der Waals surface area contributed by atoms with E-state index < -0.39 is 0 Å². The third-order valence-corrected chi connectivity index (χ3v) is 10.2. The molecule has 0 spiro atoms. The first-order valence-corrected chi connectivity index (χ1v) is 12.1. The number of hydrogen-bond donors (Lipinski definition) is 1. The first kappa shape index (κ1) is 20.5. The van der Waals surface area contributed by atoms with Crippen LogP contribution in [0.4, 0.5) is 0 Å². The molecule has 0 unspecified atom stereocenters. The van der Waals surface area contributed by atoms with Crippen LogP contribution >= 0.6 is 0 Å². The maximum Gasteiger partial charge on any atom is 0.165 e. The number of rotatable bonds is 1. The smallest absolute Gasteiger partial charge is 0.165 e. The topological polar surface area (TPSA) is 55.1 Å². The number of aromatic nitrogens is 2. The quantitative estimate of drug-likeness (QED) is 0.663. The lowest BCUT2D eigenvalue weighted by Gasteiger charge is -2.59. The van der Waals surface area contributed by atoms with Gasteiger partial charge in [-0.1, -0.05) is 13.8 Å². The average molecular weight is 411 g/mol. The van der Waals surface area contributed by atoms with E-state index >= 15 is 0 Å². The summed E-state index contributed by atoms with van der Waals surface area (Å²) in [5.41, 5.74) is 4.50. The predicted molar refractivity (Wildman–Crippen MR) is 119 cm³/mol. The van der Waals surface area contributed by atoms with Crippen molar-refractivity contribution < 1.29 is 9.90 Å². The van der Waals surface area contributed by atoms with Crippen molar-refractivity contribution in [1.82, 2.24) is 9.78 Å². The molecule has 1 N–H and O–H groups in total. The third kappa shape index (κ3) is 2.75. The normalized spacial score (nSPS) is 44.7. The monoisotopic (exact) mass is 410 g/mol. The standard InChI is InChI=1S/C26H38N2O2/c1-15-21(16(2)28(5)27-15)12-17-13-23-20-7-6-18-14-19(29)8-10-25(18,3)22(20)9-11-26(23,4)24(17)30/h12,18-20,22-23,29H,6-11,13-14H2,1-5H3/b17-12-/t18-,19+,20-,22+,23+,25+,26+/m1/s1. The Balaban J connectivity index is 1.47. The van der Waals surface area contributed by atoms with Gasteiger partial charge in [-0.05, 0) is 106 Å². The van der Waals surface area contributed by atoms with Crippen molar-refractivity contribution in [3.8, 4) is 0 Å². The molecule has 0 bridgehead atoms. The minimum atomic E-state index is -0.186.